The van der Waals surface area contributed by atoms with Crippen molar-refractivity contribution >= 4 is 16.0 Å². The van der Waals surface area contributed by atoms with Crippen molar-refractivity contribution in [3.05, 3.63) is 0 Å². The number of carboxylic acid groups (broad SMARTS) is 1. The molecule has 0 aliphatic carbocycles. The van der Waals surface area contributed by atoms with Gasteiger partial charge in [0, 0.05) is 32.6 Å². The minimum absolute atomic E-state index is 0.201. The lowest BCUT2D eigenvalue weighted by Crippen LogP contribution is -2.49. The van der Waals surface area contributed by atoms with Gasteiger partial charge in [-0.3, -0.25) is 4.79 Å². The number of sulfonamides is 1. The van der Waals surface area contributed by atoms with Crippen molar-refractivity contribution < 1.29 is 18.3 Å². The summed E-state index contributed by atoms with van der Waals surface area (Å²) in [6, 6.07) is 0. The van der Waals surface area contributed by atoms with Crippen LogP contribution in [0, 0.1) is 0 Å². The van der Waals surface area contributed by atoms with Crippen LogP contribution in [0.3, 0.4) is 0 Å². The summed E-state index contributed by atoms with van der Waals surface area (Å²) in [5, 5.41) is 8.56. The van der Waals surface area contributed by atoms with E-state index in [4.69, 9.17) is 5.11 Å². The first-order valence-corrected chi connectivity index (χ1v) is 11.5. The zero-order valence-electron chi connectivity index (χ0n) is 15.8. The minimum Gasteiger partial charge on any atom is -0.481 e. The van der Waals surface area contributed by atoms with E-state index in [1.54, 1.807) is 11.2 Å². The average molecular weight is 377 g/mol. The van der Waals surface area contributed by atoms with Gasteiger partial charge in [0.05, 0.1) is 5.75 Å². The van der Waals surface area contributed by atoms with Gasteiger partial charge in [-0.2, -0.15) is 4.31 Å². The Hall–Kier alpha value is -0.660. The molecule has 1 fully saturated rings. The highest BCUT2D eigenvalue weighted by atomic mass is 32.2. The van der Waals surface area contributed by atoms with Gasteiger partial charge < -0.3 is 10.0 Å². The highest BCUT2D eigenvalue weighted by molar-refractivity contribution is 7.89. The highest BCUT2D eigenvalue weighted by Crippen LogP contribution is 2.12. The topological polar surface area (TPSA) is 77.9 Å². The van der Waals surface area contributed by atoms with Gasteiger partial charge in [0.1, 0.15) is 0 Å². The number of rotatable bonds is 14. The summed E-state index contributed by atoms with van der Waals surface area (Å²) in [5.74, 6) is -0.486. The zero-order chi connectivity index (χ0) is 18.5. The van der Waals surface area contributed by atoms with E-state index in [2.05, 4.69) is 4.90 Å². The second-order valence-corrected chi connectivity index (χ2v) is 9.22. The summed E-state index contributed by atoms with van der Waals surface area (Å²) in [5.41, 5.74) is 0. The van der Waals surface area contributed by atoms with Crippen LogP contribution in [-0.2, 0) is 14.8 Å². The van der Waals surface area contributed by atoms with Crippen LogP contribution >= 0.6 is 0 Å². The van der Waals surface area contributed by atoms with Crippen LogP contribution in [0.25, 0.3) is 0 Å². The fraction of sp³-hybridized carbons (Fsp3) is 0.944. The summed E-state index contributed by atoms with van der Waals surface area (Å²) in [6.07, 6.45) is 10.7. The molecule has 0 aromatic rings. The first-order chi connectivity index (χ1) is 12.0. The van der Waals surface area contributed by atoms with Crippen LogP contribution < -0.4 is 0 Å². The molecular weight excluding hydrogens is 340 g/mol. The molecule has 25 heavy (non-hydrogen) atoms. The molecule has 1 heterocycles. The van der Waals surface area contributed by atoms with E-state index in [0.717, 1.165) is 38.9 Å². The lowest BCUT2D eigenvalue weighted by atomic mass is 10.1. The number of hydrogen-bond donors (Lipinski definition) is 1. The van der Waals surface area contributed by atoms with Gasteiger partial charge in [0.25, 0.3) is 0 Å². The standard InChI is InChI=1S/C18H36N2O4S/c1-2-25(23,24)20-16-14-19(15-17-20)13-11-9-7-5-3-4-6-8-10-12-18(21)22/h2-17H2,1H3,(H,21,22). The summed E-state index contributed by atoms with van der Waals surface area (Å²) < 4.78 is 25.3. The third-order valence-corrected chi connectivity index (χ3v) is 6.84. The molecule has 148 valence electrons. The van der Waals surface area contributed by atoms with Crippen molar-refractivity contribution in [3.63, 3.8) is 0 Å². The first kappa shape index (κ1) is 22.4. The average Bonchev–Trinajstić information content (AvgIpc) is 2.59. The molecule has 0 radical (unpaired) electrons. The highest BCUT2D eigenvalue weighted by Gasteiger charge is 2.24. The molecule has 0 bridgehead atoms. The second-order valence-electron chi connectivity index (χ2n) is 6.97. The van der Waals surface area contributed by atoms with Crippen molar-refractivity contribution in [3.8, 4) is 0 Å². The fourth-order valence-electron chi connectivity index (χ4n) is 3.26. The monoisotopic (exact) mass is 376 g/mol. The summed E-state index contributed by atoms with van der Waals surface area (Å²) >= 11 is 0. The Morgan fingerprint density at radius 2 is 1.32 bits per heavy atom. The summed E-state index contributed by atoms with van der Waals surface area (Å²) in [6.45, 7) is 5.77. The van der Waals surface area contributed by atoms with E-state index in [9.17, 15) is 13.2 Å². The number of hydrogen-bond acceptors (Lipinski definition) is 4. The number of aliphatic carboxylic acids is 1. The van der Waals surface area contributed by atoms with Gasteiger partial charge in [-0.15, -0.1) is 0 Å². The number of unbranched alkanes of at least 4 members (excludes halogenated alkanes) is 8. The Kier molecular flexibility index (Phi) is 11.3. The maximum atomic E-state index is 11.8. The van der Waals surface area contributed by atoms with Crippen molar-refractivity contribution in [2.75, 3.05) is 38.5 Å². The van der Waals surface area contributed by atoms with Crippen molar-refractivity contribution in [2.24, 2.45) is 0 Å². The van der Waals surface area contributed by atoms with Crippen LogP contribution in [0.2, 0.25) is 0 Å². The Labute approximate surface area is 153 Å². The smallest absolute Gasteiger partial charge is 0.303 e. The Morgan fingerprint density at radius 1 is 0.840 bits per heavy atom. The maximum Gasteiger partial charge on any atom is 0.303 e. The normalized spacial score (nSPS) is 17.0. The van der Waals surface area contributed by atoms with E-state index in [-0.39, 0.29) is 5.75 Å². The molecule has 1 saturated heterocycles. The number of nitrogens with zero attached hydrogens (tertiary/aromatic N) is 2. The third-order valence-electron chi connectivity index (χ3n) is 4.95. The minimum atomic E-state index is -3.02. The largest absolute Gasteiger partial charge is 0.481 e. The van der Waals surface area contributed by atoms with Gasteiger partial charge >= 0.3 is 5.97 Å². The lowest BCUT2D eigenvalue weighted by Gasteiger charge is -2.33. The lowest BCUT2D eigenvalue weighted by molar-refractivity contribution is -0.137. The van der Waals surface area contributed by atoms with E-state index >= 15 is 0 Å². The van der Waals surface area contributed by atoms with Crippen LogP contribution in [0.5, 0.6) is 0 Å². The van der Waals surface area contributed by atoms with Crippen LogP contribution in [0.4, 0.5) is 0 Å². The van der Waals surface area contributed by atoms with E-state index in [0.29, 0.717) is 19.5 Å². The molecule has 7 heteroatoms. The van der Waals surface area contributed by atoms with Crippen molar-refractivity contribution in [1.82, 2.24) is 9.21 Å². The van der Waals surface area contributed by atoms with Crippen LogP contribution in [-0.4, -0.2) is 67.2 Å². The molecule has 0 aromatic carbocycles. The first-order valence-electron chi connectivity index (χ1n) is 9.87. The zero-order valence-corrected chi connectivity index (χ0v) is 16.6. The van der Waals surface area contributed by atoms with Gasteiger partial charge in [0.2, 0.25) is 10.0 Å². The second kappa shape index (κ2) is 12.7. The van der Waals surface area contributed by atoms with E-state index in [1.165, 1.54) is 38.5 Å². The maximum absolute atomic E-state index is 11.8. The Bertz CT molecular complexity index is 460. The molecule has 0 aromatic heterocycles. The molecule has 0 saturated carbocycles. The van der Waals surface area contributed by atoms with Gasteiger partial charge in [-0.1, -0.05) is 44.9 Å². The number of carbonyl (C=O) groups is 1. The molecule has 1 aliphatic rings. The van der Waals surface area contributed by atoms with Gasteiger partial charge in [-0.25, -0.2) is 8.42 Å². The predicted molar refractivity (Wildman–Crippen MR) is 101 cm³/mol. The van der Waals surface area contributed by atoms with Gasteiger partial charge in [-0.05, 0) is 26.3 Å². The molecule has 0 atom stereocenters. The van der Waals surface area contributed by atoms with Crippen LogP contribution in [0.15, 0.2) is 0 Å². The van der Waals surface area contributed by atoms with E-state index in [1.807, 2.05) is 0 Å². The Morgan fingerprint density at radius 3 is 1.80 bits per heavy atom. The molecule has 0 spiro atoms. The molecule has 0 unspecified atom stereocenters. The fourth-order valence-corrected chi connectivity index (χ4v) is 4.35. The molecule has 0 amide bonds. The Balaban J connectivity index is 1.90. The summed E-state index contributed by atoms with van der Waals surface area (Å²) in [4.78, 5) is 12.8. The molecular formula is C18H36N2O4S. The van der Waals surface area contributed by atoms with Crippen molar-refractivity contribution in [2.45, 2.75) is 71.1 Å². The predicted octanol–water partition coefficient (Wildman–Crippen LogP) is 2.94. The van der Waals surface area contributed by atoms with Gasteiger partial charge in [0.15, 0.2) is 0 Å². The molecule has 1 rings (SSSR count). The SMILES string of the molecule is CCS(=O)(=O)N1CCN(CCCCCCCCCCCC(=O)O)CC1. The molecule has 1 N–H and O–H groups in total. The van der Waals surface area contributed by atoms with Crippen LogP contribution in [0.1, 0.15) is 71.1 Å². The summed E-state index contributed by atoms with van der Waals surface area (Å²) in [7, 11) is -3.02. The van der Waals surface area contributed by atoms with E-state index < -0.39 is 16.0 Å². The number of piperazine rings is 1. The molecule has 1 aliphatic heterocycles. The quantitative estimate of drug-likeness (QED) is 0.472. The number of carboxylic acids is 1. The van der Waals surface area contributed by atoms with Crippen molar-refractivity contribution in [1.29, 1.82) is 0 Å². The molecule has 6 nitrogen and oxygen atoms in total. The third kappa shape index (κ3) is 10.2.